The van der Waals surface area contributed by atoms with Crippen molar-refractivity contribution >= 4 is 29.5 Å². The molecule has 1 heterocycles. The standard InChI is InChI=1S/C19H26N2O4S/c1-13-5-3-6-14(11-13)17(22)20-16(8-10-26-2)18(23)21-9-4-7-15(12-21)19(24)25/h3,5-6,11,15-16H,4,7-10,12H2,1-2H3,(H,20,22)(H,24,25)/t15-,16?/m0/s1. The molecule has 1 saturated heterocycles. The van der Waals surface area contributed by atoms with Crippen LogP contribution in [0.5, 0.6) is 0 Å². The fourth-order valence-electron chi connectivity index (χ4n) is 3.12. The van der Waals surface area contributed by atoms with Crippen molar-refractivity contribution in [2.24, 2.45) is 5.92 Å². The summed E-state index contributed by atoms with van der Waals surface area (Å²) >= 11 is 1.61. The lowest BCUT2D eigenvalue weighted by Gasteiger charge is -2.33. The van der Waals surface area contributed by atoms with Crippen molar-refractivity contribution in [3.8, 4) is 0 Å². The fourth-order valence-corrected chi connectivity index (χ4v) is 3.59. The molecule has 2 atom stereocenters. The molecular formula is C19H26N2O4S. The van der Waals surface area contributed by atoms with Crippen LogP contribution in [0.1, 0.15) is 35.2 Å². The molecular weight excluding hydrogens is 352 g/mol. The van der Waals surface area contributed by atoms with Crippen LogP contribution in [0.3, 0.4) is 0 Å². The Morgan fingerprint density at radius 2 is 2.15 bits per heavy atom. The van der Waals surface area contributed by atoms with Crippen LogP contribution in [0, 0.1) is 12.8 Å². The molecule has 0 aromatic heterocycles. The van der Waals surface area contributed by atoms with E-state index in [1.165, 1.54) is 0 Å². The van der Waals surface area contributed by atoms with Crippen LogP contribution in [0.2, 0.25) is 0 Å². The Bertz CT molecular complexity index is 665. The summed E-state index contributed by atoms with van der Waals surface area (Å²) in [6.45, 7) is 2.66. The number of carboxylic acid groups (broad SMARTS) is 1. The van der Waals surface area contributed by atoms with Gasteiger partial charge in [-0.25, -0.2) is 0 Å². The van der Waals surface area contributed by atoms with Gasteiger partial charge in [0.05, 0.1) is 5.92 Å². The molecule has 1 aromatic carbocycles. The van der Waals surface area contributed by atoms with Gasteiger partial charge in [0.15, 0.2) is 0 Å². The van der Waals surface area contributed by atoms with Crippen LogP contribution in [-0.4, -0.2) is 58.9 Å². The molecule has 142 valence electrons. The normalized spacial score (nSPS) is 18.2. The fraction of sp³-hybridized carbons (Fsp3) is 0.526. The molecule has 1 fully saturated rings. The lowest BCUT2D eigenvalue weighted by atomic mass is 9.97. The molecule has 2 N–H and O–H groups in total. The van der Waals surface area contributed by atoms with Gasteiger partial charge in [-0.05, 0) is 50.3 Å². The van der Waals surface area contributed by atoms with E-state index in [1.54, 1.807) is 28.8 Å². The van der Waals surface area contributed by atoms with Crippen molar-refractivity contribution in [1.29, 1.82) is 0 Å². The molecule has 26 heavy (non-hydrogen) atoms. The number of likely N-dealkylation sites (tertiary alicyclic amines) is 1. The number of benzene rings is 1. The van der Waals surface area contributed by atoms with Gasteiger partial charge >= 0.3 is 5.97 Å². The number of amides is 2. The van der Waals surface area contributed by atoms with E-state index in [4.69, 9.17) is 0 Å². The number of hydrogen-bond donors (Lipinski definition) is 2. The maximum Gasteiger partial charge on any atom is 0.308 e. The van der Waals surface area contributed by atoms with Gasteiger partial charge in [-0.2, -0.15) is 11.8 Å². The summed E-state index contributed by atoms with van der Waals surface area (Å²) in [5, 5.41) is 12.1. The number of carbonyl (C=O) groups is 3. The Balaban J connectivity index is 2.09. The van der Waals surface area contributed by atoms with Gasteiger partial charge in [-0.15, -0.1) is 0 Å². The number of rotatable bonds is 7. The number of nitrogens with zero attached hydrogens (tertiary/aromatic N) is 1. The zero-order valence-corrected chi connectivity index (χ0v) is 16.1. The minimum Gasteiger partial charge on any atom is -0.481 e. The molecule has 1 aliphatic heterocycles. The zero-order chi connectivity index (χ0) is 19.1. The van der Waals surface area contributed by atoms with E-state index in [2.05, 4.69) is 5.32 Å². The third-order valence-electron chi connectivity index (χ3n) is 4.58. The lowest BCUT2D eigenvalue weighted by Crippen LogP contribution is -2.52. The number of carboxylic acids is 1. The van der Waals surface area contributed by atoms with E-state index in [9.17, 15) is 19.5 Å². The summed E-state index contributed by atoms with van der Waals surface area (Å²) in [4.78, 5) is 38.3. The molecule has 0 bridgehead atoms. The number of carbonyl (C=O) groups excluding carboxylic acids is 2. The number of thioether (sulfide) groups is 1. The van der Waals surface area contributed by atoms with Crippen LogP contribution in [-0.2, 0) is 9.59 Å². The number of hydrogen-bond acceptors (Lipinski definition) is 4. The van der Waals surface area contributed by atoms with Gasteiger partial charge in [-0.3, -0.25) is 14.4 Å². The topological polar surface area (TPSA) is 86.7 Å². The van der Waals surface area contributed by atoms with E-state index in [0.717, 1.165) is 11.3 Å². The predicted octanol–water partition coefficient (Wildman–Crippen LogP) is 2.17. The summed E-state index contributed by atoms with van der Waals surface area (Å²) in [6, 6.07) is 6.59. The second-order valence-corrected chi connectivity index (χ2v) is 7.62. The van der Waals surface area contributed by atoms with Crippen LogP contribution in [0.4, 0.5) is 0 Å². The zero-order valence-electron chi connectivity index (χ0n) is 15.2. The molecule has 1 aromatic rings. The van der Waals surface area contributed by atoms with Crippen LogP contribution < -0.4 is 5.32 Å². The first-order valence-electron chi connectivity index (χ1n) is 8.80. The molecule has 1 aliphatic rings. The van der Waals surface area contributed by atoms with Crippen molar-refractivity contribution in [3.05, 3.63) is 35.4 Å². The molecule has 7 heteroatoms. The van der Waals surface area contributed by atoms with E-state index in [1.807, 2.05) is 25.3 Å². The van der Waals surface area contributed by atoms with Gasteiger partial charge in [0.25, 0.3) is 5.91 Å². The molecule has 0 aliphatic carbocycles. The number of aliphatic carboxylic acids is 1. The SMILES string of the molecule is CSCCC(NC(=O)c1cccc(C)c1)C(=O)N1CCC[C@H](C(=O)O)C1. The van der Waals surface area contributed by atoms with Gasteiger partial charge < -0.3 is 15.3 Å². The lowest BCUT2D eigenvalue weighted by molar-refractivity contribution is -0.146. The molecule has 0 radical (unpaired) electrons. The highest BCUT2D eigenvalue weighted by Crippen LogP contribution is 2.18. The quantitative estimate of drug-likeness (QED) is 0.759. The average molecular weight is 378 g/mol. The van der Waals surface area contributed by atoms with E-state index in [-0.39, 0.29) is 18.4 Å². The first kappa shape index (κ1) is 20.3. The first-order valence-corrected chi connectivity index (χ1v) is 10.2. The van der Waals surface area contributed by atoms with Crippen LogP contribution in [0.25, 0.3) is 0 Å². The van der Waals surface area contributed by atoms with Crippen molar-refractivity contribution < 1.29 is 19.5 Å². The van der Waals surface area contributed by atoms with Crippen LogP contribution in [0.15, 0.2) is 24.3 Å². The second kappa shape index (κ2) is 9.62. The molecule has 0 spiro atoms. The molecule has 1 unspecified atom stereocenters. The highest BCUT2D eigenvalue weighted by Gasteiger charge is 2.32. The molecule has 2 rings (SSSR count). The minimum atomic E-state index is -0.869. The summed E-state index contributed by atoms with van der Waals surface area (Å²) in [5.41, 5.74) is 1.50. The molecule has 2 amide bonds. The van der Waals surface area contributed by atoms with Crippen LogP contribution >= 0.6 is 11.8 Å². The van der Waals surface area contributed by atoms with Gasteiger partial charge in [-0.1, -0.05) is 17.7 Å². The first-order chi connectivity index (χ1) is 12.4. The maximum atomic E-state index is 12.9. The maximum absolute atomic E-state index is 12.9. The van der Waals surface area contributed by atoms with Crippen molar-refractivity contribution in [3.63, 3.8) is 0 Å². The average Bonchev–Trinajstić information content (AvgIpc) is 2.64. The number of aryl methyl sites for hydroxylation is 1. The largest absolute Gasteiger partial charge is 0.481 e. The van der Waals surface area contributed by atoms with Gasteiger partial charge in [0.1, 0.15) is 6.04 Å². The highest BCUT2D eigenvalue weighted by molar-refractivity contribution is 7.98. The summed E-state index contributed by atoms with van der Waals surface area (Å²) in [6.07, 6.45) is 3.73. The van der Waals surface area contributed by atoms with Crippen molar-refractivity contribution in [1.82, 2.24) is 10.2 Å². The van der Waals surface area contributed by atoms with Gasteiger partial charge in [0.2, 0.25) is 5.91 Å². The minimum absolute atomic E-state index is 0.189. The van der Waals surface area contributed by atoms with Gasteiger partial charge in [0, 0.05) is 18.7 Å². The summed E-state index contributed by atoms with van der Waals surface area (Å²) < 4.78 is 0. The number of piperidine rings is 1. The van der Waals surface area contributed by atoms with Crippen molar-refractivity contribution in [2.75, 3.05) is 25.1 Å². The summed E-state index contributed by atoms with van der Waals surface area (Å²) in [7, 11) is 0. The Labute approximate surface area is 158 Å². The second-order valence-electron chi connectivity index (χ2n) is 6.64. The summed E-state index contributed by atoms with van der Waals surface area (Å²) in [5.74, 6) is -1.12. The van der Waals surface area contributed by atoms with E-state index in [0.29, 0.717) is 31.4 Å². The molecule has 6 nitrogen and oxygen atoms in total. The Hall–Kier alpha value is -2.02. The Morgan fingerprint density at radius 1 is 1.38 bits per heavy atom. The Morgan fingerprint density at radius 3 is 2.81 bits per heavy atom. The van der Waals surface area contributed by atoms with Crippen molar-refractivity contribution in [2.45, 2.75) is 32.2 Å². The third-order valence-corrected chi connectivity index (χ3v) is 5.22. The monoisotopic (exact) mass is 378 g/mol. The predicted molar refractivity (Wildman–Crippen MR) is 102 cm³/mol. The van der Waals surface area contributed by atoms with E-state index >= 15 is 0 Å². The third kappa shape index (κ3) is 5.49. The highest BCUT2D eigenvalue weighted by atomic mass is 32.2. The number of nitrogens with one attached hydrogen (secondary N) is 1. The van der Waals surface area contributed by atoms with E-state index < -0.39 is 17.9 Å². The Kier molecular flexibility index (Phi) is 7.50. The smallest absolute Gasteiger partial charge is 0.308 e. The molecule has 0 saturated carbocycles.